The lowest BCUT2D eigenvalue weighted by molar-refractivity contribution is 0.102. The van der Waals surface area contributed by atoms with Crippen molar-refractivity contribution in [2.45, 2.75) is 25.2 Å². The van der Waals surface area contributed by atoms with E-state index in [1.807, 2.05) is 13.8 Å². The first kappa shape index (κ1) is 24.0. The second-order valence-electron chi connectivity index (χ2n) is 8.87. The highest BCUT2D eigenvalue weighted by Crippen LogP contribution is 2.33. The third kappa shape index (κ3) is 4.74. The van der Waals surface area contributed by atoms with E-state index in [0.717, 1.165) is 6.42 Å². The zero-order chi connectivity index (χ0) is 24.5. The van der Waals surface area contributed by atoms with E-state index in [1.165, 1.54) is 34.5 Å². The molecule has 2 unspecified atom stereocenters. The molecule has 4 rings (SSSR count). The summed E-state index contributed by atoms with van der Waals surface area (Å²) < 4.78 is 38.8. The van der Waals surface area contributed by atoms with Crippen molar-refractivity contribution in [2.75, 3.05) is 43.6 Å². The van der Waals surface area contributed by atoms with E-state index in [-0.39, 0.29) is 34.7 Å². The minimum Gasteiger partial charge on any atom is -0.495 e. The maximum absolute atomic E-state index is 13.5. The van der Waals surface area contributed by atoms with Crippen molar-refractivity contribution in [3.05, 3.63) is 48.0 Å². The molecule has 9 nitrogen and oxygen atoms in total. The van der Waals surface area contributed by atoms with Crippen LogP contribution in [0.25, 0.3) is 0 Å². The third-order valence-corrected chi connectivity index (χ3v) is 7.94. The van der Waals surface area contributed by atoms with E-state index in [0.29, 0.717) is 31.0 Å². The molecule has 0 radical (unpaired) electrons. The number of carbonyl (C=O) groups is 2. The van der Waals surface area contributed by atoms with Crippen LogP contribution in [0.5, 0.6) is 5.75 Å². The molecular formula is C24H29N3O6S. The molecule has 1 N–H and O–H groups in total. The topological polar surface area (TPSA) is 105 Å². The number of ether oxygens (including phenoxy) is 2. The van der Waals surface area contributed by atoms with Gasteiger partial charge in [-0.15, -0.1) is 0 Å². The lowest BCUT2D eigenvalue weighted by atomic mass is 9.94. The number of amides is 2. The molecular weight excluding hydrogens is 458 g/mol. The average Bonchev–Trinajstić information content (AvgIpc) is 3.24. The highest BCUT2D eigenvalue weighted by molar-refractivity contribution is 7.89. The summed E-state index contributed by atoms with van der Waals surface area (Å²) in [7, 11) is -2.47. The van der Waals surface area contributed by atoms with Gasteiger partial charge in [-0.3, -0.25) is 9.69 Å². The summed E-state index contributed by atoms with van der Waals surface area (Å²) in [5, 5.41) is 2.80. The number of nitrogens with one attached hydrogen (secondary N) is 1. The fourth-order valence-corrected chi connectivity index (χ4v) is 6.44. The zero-order valence-electron chi connectivity index (χ0n) is 19.5. The number of hydrogen-bond acceptors (Lipinski definition) is 6. The molecule has 2 saturated heterocycles. The number of methoxy groups -OCH3 is 1. The molecule has 182 valence electrons. The number of nitrogens with zero attached hydrogens (tertiary/aromatic N) is 2. The second kappa shape index (κ2) is 9.63. The van der Waals surface area contributed by atoms with Gasteiger partial charge in [-0.25, -0.2) is 13.2 Å². The van der Waals surface area contributed by atoms with Crippen molar-refractivity contribution in [1.82, 2.24) is 4.31 Å². The van der Waals surface area contributed by atoms with Crippen LogP contribution in [-0.4, -0.2) is 58.1 Å². The molecule has 0 spiro atoms. The molecule has 0 saturated carbocycles. The highest BCUT2D eigenvalue weighted by Gasteiger charge is 2.34. The summed E-state index contributed by atoms with van der Waals surface area (Å²) in [4.78, 5) is 26.5. The largest absolute Gasteiger partial charge is 0.495 e. The minimum absolute atomic E-state index is 0.0413. The highest BCUT2D eigenvalue weighted by atomic mass is 32.2. The van der Waals surface area contributed by atoms with Crippen molar-refractivity contribution in [1.29, 1.82) is 0 Å². The van der Waals surface area contributed by atoms with Crippen molar-refractivity contribution < 1.29 is 27.5 Å². The normalized spacial score (nSPS) is 21.3. The SMILES string of the molecule is COc1ccc(C(=O)Nc2ccccc2N2CCOC2=O)cc1S(=O)(=O)N1CC(C)CC(C)C1. The molecule has 0 aliphatic carbocycles. The van der Waals surface area contributed by atoms with Crippen LogP contribution in [0.3, 0.4) is 0 Å². The Bertz CT molecular complexity index is 1190. The van der Waals surface area contributed by atoms with Gasteiger partial charge in [0.15, 0.2) is 0 Å². The van der Waals surface area contributed by atoms with Crippen molar-refractivity contribution in [3.63, 3.8) is 0 Å². The maximum Gasteiger partial charge on any atom is 0.414 e. The maximum atomic E-state index is 13.5. The number of piperidine rings is 1. The lowest BCUT2D eigenvalue weighted by Crippen LogP contribution is -2.42. The Morgan fingerprint density at radius 2 is 1.82 bits per heavy atom. The lowest BCUT2D eigenvalue weighted by Gasteiger charge is -2.34. The van der Waals surface area contributed by atoms with Crippen LogP contribution in [0.15, 0.2) is 47.4 Å². The van der Waals surface area contributed by atoms with Gasteiger partial charge in [0, 0.05) is 18.7 Å². The summed E-state index contributed by atoms with van der Waals surface area (Å²) in [6, 6.07) is 11.2. The molecule has 2 heterocycles. The van der Waals surface area contributed by atoms with Crippen LogP contribution in [0.1, 0.15) is 30.6 Å². The number of rotatable bonds is 6. The Labute approximate surface area is 199 Å². The standard InChI is InChI=1S/C24H29N3O6S/c1-16-12-17(2)15-26(14-16)34(30,31)22-13-18(8-9-21(22)32-3)23(28)25-19-6-4-5-7-20(19)27-10-11-33-24(27)29/h4-9,13,16-17H,10-12,14-15H2,1-3H3,(H,25,28). The minimum atomic E-state index is -3.87. The molecule has 34 heavy (non-hydrogen) atoms. The molecule has 2 aromatic rings. The number of para-hydroxylation sites is 2. The van der Waals surface area contributed by atoms with Crippen LogP contribution in [0, 0.1) is 11.8 Å². The van der Waals surface area contributed by atoms with Crippen molar-refractivity contribution >= 4 is 33.4 Å². The van der Waals surface area contributed by atoms with E-state index >= 15 is 0 Å². The van der Waals surface area contributed by atoms with Crippen LogP contribution in [-0.2, 0) is 14.8 Å². The number of carbonyl (C=O) groups excluding carboxylic acids is 2. The Hall–Kier alpha value is -3.11. The van der Waals surface area contributed by atoms with Gasteiger partial charge >= 0.3 is 6.09 Å². The van der Waals surface area contributed by atoms with Gasteiger partial charge in [0.2, 0.25) is 10.0 Å². The second-order valence-corrected chi connectivity index (χ2v) is 10.8. The van der Waals surface area contributed by atoms with E-state index < -0.39 is 22.0 Å². The number of cyclic esters (lactones) is 1. The van der Waals surface area contributed by atoms with Crippen molar-refractivity contribution in [3.8, 4) is 5.75 Å². The summed E-state index contributed by atoms with van der Waals surface area (Å²) in [6.45, 7) is 5.56. The molecule has 10 heteroatoms. The van der Waals surface area contributed by atoms with Crippen LogP contribution in [0.4, 0.5) is 16.2 Å². The average molecular weight is 488 g/mol. The van der Waals surface area contributed by atoms with E-state index in [2.05, 4.69) is 5.32 Å². The fourth-order valence-electron chi connectivity index (χ4n) is 4.58. The Morgan fingerprint density at radius 3 is 2.47 bits per heavy atom. The van der Waals surface area contributed by atoms with Gasteiger partial charge in [0.1, 0.15) is 17.3 Å². The summed E-state index contributed by atoms with van der Waals surface area (Å²) in [5.41, 5.74) is 1.09. The summed E-state index contributed by atoms with van der Waals surface area (Å²) in [5.74, 6) is 0.164. The third-order valence-electron chi connectivity index (χ3n) is 6.08. The first-order chi connectivity index (χ1) is 16.2. The van der Waals surface area contributed by atoms with Crippen LogP contribution < -0.4 is 15.0 Å². The Morgan fingerprint density at radius 1 is 1.12 bits per heavy atom. The smallest absolute Gasteiger partial charge is 0.414 e. The van der Waals surface area contributed by atoms with E-state index in [1.54, 1.807) is 24.3 Å². The van der Waals surface area contributed by atoms with Gasteiger partial charge in [0.05, 0.1) is 25.0 Å². The van der Waals surface area contributed by atoms with Gasteiger partial charge < -0.3 is 14.8 Å². The molecule has 2 atom stereocenters. The number of benzene rings is 2. The van der Waals surface area contributed by atoms with Crippen LogP contribution >= 0.6 is 0 Å². The van der Waals surface area contributed by atoms with Gasteiger partial charge in [-0.1, -0.05) is 26.0 Å². The van der Waals surface area contributed by atoms with E-state index in [4.69, 9.17) is 9.47 Å². The monoisotopic (exact) mass is 487 g/mol. The molecule has 2 amide bonds. The molecule has 2 aliphatic rings. The molecule has 2 fully saturated rings. The summed E-state index contributed by atoms with van der Waals surface area (Å²) in [6.07, 6.45) is 0.486. The zero-order valence-corrected chi connectivity index (χ0v) is 20.3. The molecule has 0 aromatic heterocycles. The Kier molecular flexibility index (Phi) is 6.81. The van der Waals surface area contributed by atoms with Gasteiger partial charge in [0.25, 0.3) is 5.91 Å². The predicted octanol–water partition coefficient (Wildman–Crippen LogP) is 3.57. The fraction of sp³-hybridized carbons (Fsp3) is 0.417. The van der Waals surface area contributed by atoms with E-state index in [9.17, 15) is 18.0 Å². The molecule has 2 aliphatic heterocycles. The predicted molar refractivity (Wildman–Crippen MR) is 128 cm³/mol. The molecule has 2 aromatic carbocycles. The first-order valence-electron chi connectivity index (χ1n) is 11.2. The number of anilines is 2. The van der Waals surface area contributed by atoms with Crippen molar-refractivity contribution in [2.24, 2.45) is 11.8 Å². The Balaban J connectivity index is 1.64. The van der Waals surface area contributed by atoms with Gasteiger partial charge in [-0.05, 0) is 48.6 Å². The number of hydrogen-bond donors (Lipinski definition) is 1. The number of sulfonamides is 1. The first-order valence-corrected chi connectivity index (χ1v) is 12.7. The van der Waals surface area contributed by atoms with Gasteiger partial charge in [-0.2, -0.15) is 4.31 Å². The summed E-state index contributed by atoms with van der Waals surface area (Å²) >= 11 is 0. The molecule has 0 bridgehead atoms. The van der Waals surface area contributed by atoms with Crippen LogP contribution in [0.2, 0.25) is 0 Å². The quantitative estimate of drug-likeness (QED) is 0.668.